The molecule has 1 unspecified atom stereocenters. The van der Waals surface area contributed by atoms with E-state index in [1.807, 2.05) is 37.3 Å². The monoisotopic (exact) mass is 192 g/mol. The number of ketones is 1. The maximum absolute atomic E-state index is 11.6. The zero-order valence-electron chi connectivity index (χ0n) is 8.69. The predicted octanol–water partition coefficient (Wildman–Crippen LogP) is 2.40. The Morgan fingerprint density at radius 2 is 2.00 bits per heavy atom. The number of hydrogen-bond acceptors (Lipinski definition) is 2. The Balaban J connectivity index is 2.77. The summed E-state index contributed by atoms with van der Waals surface area (Å²) < 4.78 is 4.86. The topological polar surface area (TPSA) is 26.3 Å². The summed E-state index contributed by atoms with van der Waals surface area (Å²) in [5.41, 5.74) is 1.08. The van der Waals surface area contributed by atoms with Gasteiger partial charge in [-0.3, -0.25) is 4.79 Å². The van der Waals surface area contributed by atoms with Crippen LogP contribution in [0.25, 0.3) is 0 Å². The summed E-state index contributed by atoms with van der Waals surface area (Å²) in [4.78, 5) is 11.6. The van der Waals surface area contributed by atoms with Gasteiger partial charge in [0.15, 0.2) is 5.78 Å². The highest BCUT2D eigenvalue weighted by atomic mass is 16.5. The fourth-order valence-corrected chi connectivity index (χ4v) is 1.58. The Labute approximate surface area is 84.9 Å². The normalized spacial score (nSPS) is 12.4. The predicted molar refractivity (Wildman–Crippen MR) is 56.4 cm³/mol. The summed E-state index contributed by atoms with van der Waals surface area (Å²) >= 11 is 0. The molecule has 0 spiro atoms. The van der Waals surface area contributed by atoms with Gasteiger partial charge in [-0.15, -0.1) is 0 Å². The van der Waals surface area contributed by atoms with Crippen LogP contribution in [0.5, 0.6) is 0 Å². The highest BCUT2D eigenvalue weighted by molar-refractivity contribution is 5.86. The summed E-state index contributed by atoms with van der Waals surface area (Å²) in [5, 5.41) is 0. The van der Waals surface area contributed by atoms with Gasteiger partial charge < -0.3 is 4.74 Å². The molecule has 0 heterocycles. The van der Waals surface area contributed by atoms with Gasteiger partial charge in [-0.1, -0.05) is 37.3 Å². The lowest BCUT2D eigenvalue weighted by Gasteiger charge is -2.13. The molecule has 0 amide bonds. The largest absolute Gasteiger partial charge is 0.377 e. The highest BCUT2D eigenvalue weighted by Crippen LogP contribution is 2.19. The lowest BCUT2D eigenvalue weighted by atomic mass is 9.93. The molecule has 0 aliphatic heterocycles. The molecule has 76 valence electrons. The zero-order valence-corrected chi connectivity index (χ0v) is 8.69. The molecule has 2 heteroatoms. The van der Waals surface area contributed by atoms with Gasteiger partial charge in [0.25, 0.3) is 0 Å². The van der Waals surface area contributed by atoms with Crippen molar-refractivity contribution >= 4 is 5.78 Å². The molecule has 0 aliphatic carbocycles. The van der Waals surface area contributed by atoms with Crippen molar-refractivity contribution in [1.82, 2.24) is 0 Å². The average Bonchev–Trinajstić information content (AvgIpc) is 2.21. The van der Waals surface area contributed by atoms with Crippen LogP contribution in [0.4, 0.5) is 0 Å². The maximum Gasteiger partial charge on any atom is 0.165 e. The number of benzene rings is 1. The Hall–Kier alpha value is -1.15. The number of carbonyl (C=O) groups is 1. The first kappa shape index (κ1) is 10.9. The van der Waals surface area contributed by atoms with Crippen molar-refractivity contribution in [2.45, 2.75) is 19.3 Å². The molecule has 0 saturated heterocycles. The number of carbonyl (C=O) groups excluding carboxylic acids is 1. The van der Waals surface area contributed by atoms with Crippen LogP contribution in [0.3, 0.4) is 0 Å². The van der Waals surface area contributed by atoms with Gasteiger partial charge in [0.05, 0.1) is 0 Å². The highest BCUT2D eigenvalue weighted by Gasteiger charge is 2.17. The molecule has 0 aliphatic rings. The van der Waals surface area contributed by atoms with E-state index in [0.29, 0.717) is 0 Å². The molecule has 0 fully saturated rings. The quantitative estimate of drug-likeness (QED) is 0.716. The summed E-state index contributed by atoms with van der Waals surface area (Å²) in [6.07, 6.45) is 0.826. The average molecular weight is 192 g/mol. The number of methoxy groups -OCH3 is 1. The van der Waals surface area contributed by atoms with Crippen LogP contribution in [0.1, 0.15) is 24.8 Å². The van der Waals surface area contributed by atoms with E-state index in [1.54, 1.807) is 7.11 Å². The molecule has 1 aromatic carbocycles. The first-order valence-corrected chi connectivity index (χ1v) is 4.86. The third-order valence-corrected chi connectivity index (χ3v) is 2.29. The molecule has 0 aromatic heterocycles. The Kier molecular flexibility index (Phi) is 4.33. The van der Waals surface area contributed by atoms with E-state index in [9.17, 15) is 4.79 Å². The SMILES string of the molecule is CCC(C(=O)COC)c1ccccc1. The minimum absolute atomic E-state index is 0.0175. The van der Waals surface area contributed by atoms with Crippen LogP contribution in [0.15, 0.2) is 30.3 Å². The Bertz CT molecular complexity index is 280. The number of ether oxygens (including phenoxy) is 1. The third kappa shape index (κ3) is 2.67. The van der Waals surface area contributed by atoms with Crippen LogP contribution in [0.2, 0.25) is 0 Å². The maximum atomic E-state index is 11.6. The minimum Gasteiger partial charge on any atom is -0.377 e. The summed E-state index contributed by atoms with van der Waals surface area (Å²) in [6.45, 7) is 2.22. The van der Waals surface area contributed by atoms with Crippen molar-refractivity contribution in [3.05, 3.63) is 35.9 Å². The first-order valence-electron chi connectivity index (χ1n) is 4.86. The second-order valence-electron chi connectivity index (χ2n) is 3.27. The van der Waals surface area contributed by atoms with Crippen molar-refractivity contribution in [1.29, 1.82) is 0 Å². The molecule has 14 heavy (non-hydrogen) atoms. The molecule has 0 saturated carbocycles. The Morgan fingerprint density at radius 1 is 1.36 bits per heavy atom. The van der Waals surface area contributed by atoms with Crippen LogP contribution in [0, 0.1) is 0 Å². The fourth-order valence-electron chi connectivity index (χ4n) is 1.58. The van der Waals surface area contributed by atoms with Gasteiger partial charge in [0.1, 0.15) is 6.61 Å². The van der Waals surface area contributed by atoms with Crippen molar-refractivity contribution in [2.24, 2.45) is 0 Å². The molecular weight excluding hydrogens is 176 g/mol. The standard InChI is InChI=1S/C12H16O2/c1-3-11(12(13)9-14-2)10-7-5-4-6-8-10/h4-8,11H,3,9H2,1-2H3. The second-order valence-corrected chi connectivity index (χ2v) is 3.27. The van der Waals surface area contributed by atoms with Crippen LogP contribution in [-0.4, -0.2) is 19.5 Å². The molecule has 1 rings (SSSR count). The molecule has 0 N–H and O–H groups in total. The van der Waals surface area contributed by atoms with E-state index >= 15 is 0 Å². The van der Waals surface area contributed by atoms with E-state index in [4.69, 9.17) is 4.74 Å². The molecule has 0 bridgehead atoms. The number of Topliss-reactive ketones (excluding diaryl/α,β-unsaturated/α-hetero) is 1. The van der Waals surface area contributed by atoms with E-state index < -0.39 is 0 Å². The van der Waals surface area contributed by atoms with Gasteiger partial charge in [-0.2, -0.15) is 0 Å². The molecule has 0 radical (unpaired) electrons. The van der Waals surface area contributed by atoms with Gasteiger partial charge >= 0.3 is 0 Å². The second kappa shape index (κ2) is 5.55. The fraction of sp³-hybridized carbons (Fsp3) is 0.417. The van der Waals surface area contributed by atoms with Crippen molar-refractivity contribution in [3.63, 3.8) is 0 Å². The third-order valence-electron chi connectivity index (χ3n) is 2.29. The lowest BCUT2D eigenvalue weighted by Crippen LogP contribution is -2.16. The number of hydrogen-bond donors (Lipinski definition) is 0. The molecule has 1 atom stereocenters. The van der Waals surface area contributed by atoms with Crippen molar-refractivity contribution < 1.29 is 9.53 Å². The molecular formula is C12H16O2. The lowest BCUT2D eigenvalue weighted by molar-refractivity contribution is -0.124. The van der Waals surface area contributed by atoms with E-state index in [2.05, 4.69) is 0 Å². The van der Waals surface area contributed by atoms with E-state index in [0.717, 1.165) is 12.0 Å². The van der Waals surface area contributed by atoms with Gasteiger partial charge in [-0.05, 0) is 12.0 Å². The minimum atomic E-state index is -0.0175. The molecule has 2 nitrogen and oxygen atoms in total. The van der Waals surface area contributed by atoms with Gasteiger partial charge in [0, 0.05) is 13.0 Å². The van der Waals surface area contributed by atoms with E-state index in [-0.39, 0.29) is 18.3 Å². The summed E-state index contributed by atoms with van der Waals surface area (Å²) in [7, 11) is 1.55. The van der Waals surface area contributed by atoms with Crippen LogP contribution in [-0.2, 0) is 9.53 Å². The van der Waals surface area contributed by atoms with Crippen molar-refractivity contribution in [3.8, 4) is 0 Å². The van der Waals surface area contributed by atoms with Crippen LogP contribution >= 0.6 is 0 Å². The Morgan fingerprint density at radius 3 is 2.50 bits per heavy atom. The van der Waals surface area contributed by atoms with Gasteiger partial charge in [0.2, 0.25) is 0 Å². The summed E-state index contributed by atoms with van der Waals surface area (Å²) in [5.74, 6) is 0.136. The smallest absolute Gasteiger partial charge is 0.165 e. The summed E-state index contributed by atoms with van der Waals surface area (Å²) in [6, 6.07) is 9.84. The number of rotatable bonds is 5. The zero-order chi connectivity index (χ0) is 10.4. The van der Waals surface area contributed by atoms with Crippen molar-refractivity contribution in [2.75, 3.05) is 13.7 Å². The van der Waals surface area contributed by atoms with Crippen LogP contribution < -0.4 is 0 Å². The molecule has 1 aromatic rings. The first-order chi connectivity index (χ1) is 6.79. The van der Waals surface area contributed by atoms with E-state index in [1.165, 1.54) is 0 Å². The van der Waals surface area contributed by atoms with Gasteiger partial charge in [-0.25, -0.2) is 0 Å².